The zero-order valence-electron chi connectivity index (χ0n) is 20.0. The first-order valence-electron chi connectivity index (χ1n) is 11.0. The van der Waals surface area contributed by atoms with Crippen LogP contribution in [0, 0.1) is 5.92 Å². The molecule has 158 valence electrons. The van der Waals surface area contributed by atoms with E-state index in [1.165, 1.54) is 40.6 Å². The standard InChI is InChI=1S/C21H28N.2C2H6.CH3Br/c1-6-15(2)13-14-22-16(3)21(4,5)20-18-10-8-7-9-17(18)11-12-19(20)22;3*1-2/h7-12,15H,6,13-14H2,1-5H3;2*1-2H3;1H3/q+1;;;. The van der Waals surface area contributed by atoms with Crippen LogP contribution in [0.25, 0.3) is 10.8 Å². The van der Waals surface area contributed by atoms with Crippen LogP contribution in [-0.4, -0.2) is 22.7 Å². The Labute approximate surface area is 183 Å². The smallest absolute Gasteiger partial charge is 0.199 e. The number of alkyl halides is 1. The minimum Gasteiger partial charge on any atom is -0.199 e. The summed E-state index contributed by atoms with van der Waals surface area (Å²) < 4.78 is 2.56. The Morgan fingerprint density at radius 1 is 0.964 bits per heavy atom. The van der Waals surface area contributed by atoms with Crippen LogP contribution in [0.1, 0.15) is 80.7 Å². The Balaban J connectivity index is 0.00000111. The average Bonchev–Trinajstić information content (AvgIpc) is 2.96. The largest absolute Gasteiger partial charge is 0.210 e. The number of rotatable bonds is 4. The summed E-state index contributed by atoms with van der Waals surface area (Å²) in [5, 5.41) is 2.77. The van der Waals surface area contributed by atoms with Crippen molar-refractivity contribution in [3.05, 3.63) is 42.0 Å². The van der Waals surface area contributed by atoms with Crippen molar-refractivity contribution in [2.75, 3.05) is 12.4 Å². The molecule has 1 aliphatic rings. The number of hydrogen-bond donors (Lipinski definition) is 0. The highest BCUT2D eigenvalue weighted by Gasteiger charge is 2.43. The van der Waals surface area contributed by atoms with Crippen LogP contribution in [0.5, 0.6) is 0 Å². The lowest BCUT2D eigenvalue weighted by atomic mass is 9.80. The molecule has 0 N–H and O–H groups in total. The van der Waals surface area contributed by atoms with Crippen LogP contribution < -0.4 is 0 Å². The molecular formula is C26H43BrN+. The molecule has 0 radical (unpaired) electrons. The molecule has 1 atom stereocenters. The lowest BCUT2D eigenvalue weighted by molar-refractivity contribution is -0.440. The Kier molecular flexibility index (Phi) is 12.6. The van der Waals surface area contributed by atoms with Gasteiger partial charge in [-0.2, -0.15) is 4.58 Å². The van der Waals surface area contributed by atoms with E-state index in [0.29, 0.717) is 0 Å². The summed E-state index contributed by atoms with van der Waals surface area (Å²) in [6.07, 6.45) is 2.52. The summed E-state index contributed by atoms with van der Waals surface area (Å²) in [5.74, 6) is 2.60. The first-order valence-corrected chi connectivity index (χ1v) is 12.6. The molecule has 0 bridgehead atoms. The van der Waals surface area contributed by atoms with E-state index in [0.717, 1.165) is 12.5 Å². The number of hydrogen-bond acceptors (Lipinski definition) is 0. The highest BCUT2D eigenvalue weighted by Crippen LogP contribution is 2.43. The summed E-state index contributed by atoms with van der Waals surface area (Å²) in [5.41, 5.74) is 4.53. The van der Waals surface area contributed by atoms with Crippen LogP contribution >= 0.6 is 15.9 Å². The molecule has 28 heavy (non-hydrogen) atoms. The van der Waals surface area contributed by atoms with Crippen LogP contribution in [0.2, 0.25) is 0 Å². The number of fused-ring (bicyclic) bond motifs is 3. The first kappa shape index (κ1) is 26.9. The molecule has 0 aliphatic carbocycles. The second-order valence-electron chi connectivity index (χ2n) is 7.34. The molecule has 1 aliphatic heterocycles. The van der Waals surface area contributed by atoms with Gasteiger partial charge in [-0.3, -0.25) is 0 Å². The molecule has 1 heterocycles. The summed E-state index contributed by atoms with van der Waals surface area (Å²) in [7, 11) is 0. The minimum absolute atomic E-state index is 0.117. The van der Waals surface area contributed by atoms with Crippen LogP contribution in [-0.2, 0) is 5.41 Å². The van der Waals surface area contributed by atoms with Crippen LogP contribution in [0.3, 0.4) is 0 Å². The molecule has 0 saturated carbocycles. The van der Waals surface area contributed by atoms with E-state index < -0.39 is 0 Å². The van der Waals surface area contributed by atoms with Crippen molar-refractivity contribution in [3.63, 3.8) is 0 Å². The lowest BCUT2D eigenvalue weighted by Gasteiger charge is -2.17. The van der Waals surface area contributed by atoms with Crippen molar-refractivity contribution in [2.45, 2.75) is 80.6 Å². The van der Waals surface area contributed by atoms with Gasteiger partial charge in [0, 0.05) is 25.0 Å². The van der Waals surface area contributed by atoms with Gasteiger partial charge in [-0.25, -0.2) is 0 Å². The minimum atomic E-state index is 0.117. The highest BCUT2D eigenvalue weighted by molar-refractivity contribution is 9.08. The Hall–Kier alpha value is -1.15. The fraction of sp³-hybridized carbons (Fsp3) is 0.577. The fourth-order valence-corrected chi connectivity index (χ4v) is 3.68. The molecule has 1 unspecified atom stereocenters. The van der Waals surface area contributed by atoms with E-state index in [1.54, 1.807) is 0 Å². The third-order valence-electron chi connectivity index (χ3n) is 5.67. The molecule has 0 spiro atoms. The molecule has 2 aromatic rings. The van der Waals surface area contributed by atoms with Crippen LogP contribution in [0.4, 0.5) is 5.69 Å². The van der Waals surface area contributed by atoms with Crippen molar-refractivity contribution in [1.82, 2.24) is 0 Å². The van der Waals surface area contributed by atoms with Gasteiger partial charge in [-0.1, -0.05) is 88.2 Å². The van der Waals surface area contributed by atoms with Gasteiger partial charge in [0.2, 0.25) is 5.69 Å². The van der Waals surface area contributed by atoms with E-state index in [2.05, 4.69) is 91.5 Å². The van der Waals surface area contributed by atoms with Gasteiger partial charge >= 0.3 is 0 Å². The molecule has 3 rings (SSSR count). The van der Waals surface area contributed by atoms with Gasteiger partial charge in [0.15, 0.2) is 5.71 Å². The average molecular weight is 450 g/mol. The molecule has 2 heteroatoms. The quantitative estimate of drug-likeness (QED) is 0.324. The van der Waals surface area contributed by atoms with E-state index >= 15 is 0 Å². The maximum atomic E-state index is 2.94. The molecule has 0 aromatic heterocycles. The topological polar surface area (TPSA) is 3.01 Å². The van der Waals surface area contributed by atoms with Gasteiger partial charge in [0.25, 0.3) is 0 Å². The zero-order chi connectivity index (χ0) is 21.9. The normalized spacial score (nSPS) is 14.7. The predicted molar refractivity (Wildman–Crippen MR) is 134 cm³/mol. The maximum absolute atomic E-state index is 2.94. The third kappa shape index (κ3) is 5.69. The zero-order valence-corrected chi connectivity index (χ0v) is 21.6. The Morgan fingerprint density at radius 3 is 2.11 bits per heavy atom. The lowest BCUT2D eigenvalue weighted by Crippen LogP contribution is -2.27. The van der Waals surface area contributed by atoms with Crippen molar-refractivity contribution < 1.29 is 4.58 Å². The van der Waals surface area contributed by atoms with E-state index in [9.17, 15) is 0 Å². The van der Waals surface area contributed by atoms with E-state index in [4.69, 9.17) is 0 Å². The van der Waals surface area contributed by atoms with E-state index in [1.807, 2.05) is 33.5 Å². The van der Waals surface area contributed by atoms with Gasteiger partial charge < -0.3 is 0 Å². The summed E-state index contributed by atoms with van der Waals surface area (Å²) in [6.45, 7) is 20.8. The van der Waals surface area contributed by atoms with E-state index in [-0.39, 0.29) is 5.41 Å². The molecular weight excluding hydrogens is 406 g/mol. The van der Waals surface area contributed by atoms with Crippen LogP contribution in [0.15, 0.2) is 36.4 Å². The van der Waals surface area contributed by atoms with Gasteiger partial charge in [0.05, 0.1) is 5.41 Å². The van der Waals surface area contributed by atoms with Gasteiger partial charge in [-0.15, -0.1) is 0 Å². The highest BCUT2D eigenvalue weighted by atomic mass is 79.9. The molecule has 0 saturated heterocycles. The number of benzene rings is 2. The SMILES string of the molecule is CBr.CC.CC.CCC(C)CC[N+]1=C(C)C(C)(C)c2c1ccc1ccccc21. The number of halogens is 1. The van der Waals surface area contributed by atoms with Crippen molar-refractivity contribution in [3.8, 4) is 0 Å². The van der Waals surface area contributed by atoms with Gasteiger partial charge in [-0.05, 0) is 42.4 Å². The van der Waals surface area contributed by atoms with Crippen molar-refractivity contribution >= 4 is 38.1 Å². The molecule has 2 aromatic carbocycles. The molecule has 0 fully saturated rings. The second kappa shape index (κ2) is 13.1. The monoisotopic (exact) mass is 448 g/mol. The number of nitrogens with zero attached hydrogens (tertiary/aromatic N) is 1. The van der Waals surface area contributed by atoms with Gasteiger partial charge in [0.1, 0.15) is 6.54 Å². The summed E-state index contributed by atoms with van der Waals surface area (Å²) in [4.78, 5) is 0. The maximum Gasteiger partial charge on any atom is 0.210 e. The third-order valence-corrected chi connectivity index (χ3v) is 5.67. The fourth-order valence-electron chi connectivity index (χ4n) is 3.68. The Morgan fingerprint density at radius 2 is 1.54 bits per heavy atom. The molecule has 1 nitrogen and oxygen atoms in total. The predicted octanol–water partition coefficient (Wildman–Crippen LogP) is 8.74. The summed E-state index contributed by atoms with van der Waals surface area (Å²) >= 11 is 2.94. The first-order chi connectivity index (χ1) is 13.5. The second-order valence-corrected chi connectivity index (χ2v) is 7.34. The Bertz CT molecular complexity index is 743. The summed E-state index contributed by atoms with van der Waals surface area (Å²) in [6, 6.07) is 13.4. The van der Waals surface area contributed by atoms with Crippen molar-refractivity contribution in [2.24, 2.45) is 5.92 Å². The molecule has 0 amide bonds. The van der Waals surface area contributed by atoms with Crippen molar-refractivity contribution in [1.29, 1.82) is 0 Å².